The molecule has 0 saturated carbocycles. The molecular formula is C84H164O17P2. The Labute approximate surface area is 632 Å². The van der Waals surface area contributed by atoms with Crippen LogP contribution in [0.5, 0.6) is 0 Å². The first-order valence-corrected chi connectivity index (χ1v) is 46.5. The van der Waals surface area contributed by atoms with Crippen LogP contribution in [-0.4, -0.2) is 96.7 Å². The first-order chi connectivity index (χ1) is 49.9. The lowest BCUT2D eigenvalue weighted by molar-refractivity contribution is -0.161. The first kappa shape index (κ1) is 101. The highest BCUT2D eigenvalue weighted by Gasteiger charge is 2.30. The maximum atomic E-state index is 13.1. The lowest BCUT2D eigenvalue weighted by Crippen LogP contribution is -2.30. The largest absolute Gasteiger partial charge is 0.472 e. The minimum absolute atomic E-state index is 0.106. The molecule has 3 N–H and O–H groups in total. The second-order valence-electron chi connectivity index (χ2n) is 30.9. The number of hydrogen-bond acceptors (Lipinski definition) is 15. The van der Waals surface area contributed by atoms with Gasteiger partial charge in [-0.2, -0.15) is 0 Å². The topological polar surface area (TPSA) is 237 Å². The van der Waals surface area contributed by atoms with E-state index in [0.717, 1.165) is 102 Å². The normalized spacial score (nSPS) is 14.1. The standard InChI is InChI=1S/C84H164O17P2/c1-7-10-12-14-16-18-20-22-24-26-28-30-32-34-36-38-43-49-56-62-68-83(88)100-79(72-94-81(86)66-60-54-48-42-37-35-33-31-29-27-25-23-21-19-17-15-13-11-8-2)74-98-102(90,91)96-70-78(85)71-97-103(92,93)99-75-80(73-95-82(87)67-61-55-51-45-46-52-58-64-76(4)5)101-84(89)69-63-57-50-44-40-39-41-47-53-59-65-77(6)9-3/h76-80,85H,7-75H2,1-6H3,(H,90,91)(H,92,93)/t77?,78-,79-,80-/m1/s1. The van der Waals surface area contributed by atoms with E-state index in [-0.39, 0.29) is 25.7 Å². The number of aliphatic hydroxyl groups excluding tert-OH is 1. The van der Waals surface area contributed by atoms with Gasteiger partial charge in [0.25, 0.3) is 0 Å². The molecule has 19 heteroatoms. The van der Waals surface area contributed by atoms with Crippen LogP contribution in [0.2, 0.25) is 0 Å². The van der Waals surface area contributed by atoms with Crippen molar-refractivity contribution in [2.75, 3.05) is 39.6 Å². The Kier molecular flexibility index (Phi) is 74.1. The van der Waals surface area contributed by atoms with Gasteiger partial charge in [0.2, 0.25) is 0 Å². The molecule has 0 fully saturated rings. The van der Waals surface area contributed by atoms with Crippen molar-refractivity contribution >= 4 is 39.5 Å². The quantitative estimate of drug-likeness (QED) is 0.0222. The molecule has 0 aliphatic rings. The molecule has 0 heterocycles. The van der Waals surface area contributed by atoms with E-state index in [2.05, 4.69) is 41.5 Å². The van der Waals surface area contributed by atoms with E-state index >= 15 is 0 Å². The van der Waals surface area contributed by atoms with Crippen LogP contribution in [0.3, 0.4) is 0 Å². The third-order valence-corrected chi connectivity index (χ3v) is 22.0. The molecule has 6 atom stereocenters. The van der Waals surface area contributed by atoms with E-state index in [1.165, 1.54) is 257 Å². The van der Waals surface area contributed by atoms with E-state index in [1.54, 1.807) is 0 Å². The number of ether oxygens (including phenoxy) is 4. The lowest BCUT2D eigenvalue weighted by atomic mass is 9.99. The molecule has 0 amide bonds. The minimum atomic E-state index is -4.96. The summed E-state index contributed by atoms with van der Waals surface area (Å²) in [5.41, 5.74) is 0. The Morgan fingerprint density at radius 3 is 0.738 bits per heavy atom. The van der Waals surface area contributed by atoms with Gasteiger partial charge in [0.05, 0.1) is 26.4 Å². The summed E-state index contributed by atoms with van der Waals surface area (Å²) >= 11 is 0. The highest BCUT2D eigenvalue weighted by atomic mass is 31.2. The average Bonchev–Trinajstić information content (AvgIpc) is 1.04. The van der Waals surface area contributed by atoms with Gasteiger partial charge in [-0.1, -0.05) is 395 Å². The number of carbonyl (C=O) groups is 4. The number of hydrogen-bond donors (Lipinski definition) is 3. The zero-order valence-corrected chi connectivity index (χ0v) is 69.4. The van der Waals surface area contributed by atoms with Crippen LogP contribution in [0.1, 0.15) is 446 Å². The van der Waals surface area contributed by atoms with Crippen LogP contribution in [0.25, 0.3) is 0 Å². The summed E-state index contributed by atoms with van der Waals surface area (Å²) in [6.07, 6.45) is 66.8. The van der Waals surface area contributed by atoms with Crippen molar-refractivity contribution in [3.63, 3.8) is 0 Å². The molecule has 103 heavy (non-hydrogen) atoms. The summed E-state index contributed by atoms with van der Waals surface area (Å²) in [5, 5.41) is 10.7. The molecule has 0 aliphatic carbocycles. The number of unbranched alkanes of at least 4 members (excludes halogenated alkanes) is 52. The van der Waals surface area contributed by atoms with Gasteiger partial charge in [-0.25, -0.2) is 9.13 Å². The summed E-state index contributed by atoms with van der Waals surface area (Å²) in [5.74, 6) is -0.599. The fourth-order valence-electron chi connectivity index (χ4n) is 13.0. The Balaban J connectivity index is 5.23. The summed E-state index contributed by atoms with van der Waals surface area (Å²) in [4.78, 5) is 73.1. The molecule has 0 spiro atoms. The number of rotatable bonds is 83. The van der Waals surface area contributed by atoms with Crippen molar-refractivity contribution in [2.45, 2.75) is 464 Å². The number of phosphoric acid groups is 2. The van der Waals surface area contributed by atoms with Gasteiger partial charge in [0.1, 0.15) is 19.3 Å². The Hall–Kier alpha value is -1.94. The SMILES string of the molecule is CCCCCCCCCCCCCCCCCCCCCCC(=O)O[C@H](COC(=O)CCCCCCCCCCCCCCCCCCCCC)COP(=O)(O)OC[C@@H](O)COP(=O)(O)OC[C@@H](COC(=O)CCCCCCCCCC(C)C)OC(=O)CCCCCCCCCCCCC(C)CC. The summed E-state index contributed by atoms with van der Waals surface area (Å²) in [6.45, 7) is 9.62. The van der Waals surface area contributed by atoms with Crippen LogP contribution < -0.4 is 0 Å². The average molecular weight is 1510 g/mol. The fraction of sp³-hybridized carbons (Fsp3) is 0.952. The van der Waals surface area contributed by atoms with Crippen molar-refractivity contribution in [3.8, 4) is 0 Å². The van der Waals surface area contributed by atoms with Gasteiger partial charge in [0.15, 0.2) is 12.2 Å². The molecule has 0 aliphatic heterocycles. The summed E-state index contributed by atoms with van der Waals surface area (Å²) < 4.78 is 68.8. The Morgan fingerprint density at radius 1 is 0.282 bits per heavy atom. The maximum absolute atomic E-state index is 13.1. The Morgan fingerprint density at radius 2 is 0.495 bits per heavy atom. The number of carbonyl (C=O) groups excluding carboxylic acids is 4. The van der Waals surface area contributed by atoms with E-state index in [0.29, 0.717) is 31.6 Å². The van der Waals surface area contributed by atoms with Crippen LogP contribution in [-0.2, 0) is 65.4 Å². The monoisotopic (exact) mass is 1510 g/mol. The van der Waals surface area contributed by atoms with Crippen molar-refractivity contribution in [1.29, 1.82) is 0 Å². The number of phosphoric ester groups is 2. The predicted octanol–water partition coefficient (Wildman–Crippen LogP) is 25.5. The zero-order valence-electron chi connectivity index (χ0n) is 67.6. The maximum Gasteiger partial charge on any atom is 0.472 e. The van der Waals surface area contributed by atoms with Crippen LogP contribution >= 0.6 is 15.6 Å². The van der Waals surface area contributed by atoms with Crippen LogP contribution in [0.4, 0.5) is 0 Å². The second-order valence-corrected chi connectivity index (χ2v) is 33.8. The van der Waals surface area contributed by atoms with E-state index < -0.39 is 97.5 Å². The molecule has 0 aromatic carbocycles. The van der Waals surface area contributed by atoms with Crippen LogP contribution in [0, 0.1) is 11.8 Å². The molecule has 612 valence electrons. The highest BCUT2D eigenvalue weighted by Crippen LogP contribution is 2.45. The van der Waals surface area contributed by atoms with E-state index in [9.17, 15) is 43.2 Å². The zero-order chi connectivity index (χ0) is 75.6. The highest BCUT2D eigenvalue weighted by molar-refractivity contribution is 7.47. The first-order valence-electron chi connectivity index (χ1n) is 43.5. The molecule has 0 aromatic heterocycles. The van der Waals surface area contributed by atoms with Crippen molar-refractivity contribution in [2.24, 2.45) is 11.8 Å². The predicted molar refractivity (Wildman–Crippen MR) is 423 cm³/mol. The van der Waals surface area contributed by atoms with Gasteiger partial charge in [-0.05, 0) is 37.5 Å². The summed E-state index contributed by atoms with van der Waals surface area (Å²) in [6, 6.07) is 0. The molecule has 0 saturated heterocycles. The molecule has 0 radical (unpaired) electrons. The molecule has 17 nitrogen and oxygen atoms in total. The van der Waals surface area contributed by atoms with E-state index in [4.69, 9.17) is 37.0 Å². The molecule has 3 unspecified atom stereocenters. The third kappa shape index (κ3) is 76.6. The molecule has 0 bridgehead atoms. The number of esters is 4. The fourth-order valence-corrected chi connectivity index (χ4v) is 14.6. The molecule has 0 aromatic rings. The van der Waals surface area contributed by atoms with Crippen LogP contribution in [0.15, 0.2) is 0 Å². The summed E-state index contributed by atoms with van der Waals surface area (Å²) in [7, 11) is -9.92. The molecular weight excluding hydrogens is 1340 g/mol. The van der Waals surface area contributed by atoms with E-state index in [1.807, 2.05) is 0 Å². The third-order valence-electron chi connectivity index (χ3n) is 20.1. The van der Waals surface area contributed by atoms with Crippen molar-refractivity contribution in [1.82, 2.24) is 0 Å². The van der Waals surface area contributed by atoms with Crippen molar-refractivity contribution < 1.29 is 80.2 Å². The second kappa shape index (κ2) is 75.5. The van der Waals surface area contributed by atoms with Gasteiger partial charge >= 0.3 is 39.5 Å². The van der Waals surface area contributed by atoms with Gasteiger partial charge in [0, 0.05) is 25.7 Å². The van der Waals surface area contributed by atoms with Crippen molar-refractivity contribution in [3.05, 3.63) is 0 Å². The Bertz CT molecular complexity index is 1980. The van der Waals surface area contributed by atoms with Gasteiger partial charge < -0.3 is 33.8 Å². The lowest BCUT2D eigenvalue weighted by Gasteiger charge is -2.21. The minimum Gasteiger partial charge on any atom is -0.462 e. The number of aliphatic hydroxyl groups is 1. The van der Waals surface area contributed by atoms with Gasteiger partial charge in [-0.3, -0.25) is 37.3 Å². The smallest absolute Gasteiger partial charge is 0.462 e. The molecule has 0 rings (SSSR count). The van der Waals surface area contributed by atoms with Gasteiger partial charge in [-0.15, -0.1) is 0 Å².